The van der Waals surface area contributed by atoms with Gasteiger partial charge in [-0.15, -0.1) is 0 Å². The molecule has 0 bridgehead atoms. The van der Waals surface area contributed by atoms with Gasteiger partial charge in [0.15, 0.2) is 0 Å². The zero-order valence-corrected chi connectivity index (χ0v) is 12.5. The van der Waals surface area contributed by atoms with Gasteiger partial charge in [-0.1, -0.05) is 31.5 Å². The van der Waals surface area contributed by atoms with Gasteiger partial charge in [0, 0.05) is 0 Å². The van der Waals surface area contributed by atoms with Crippen molar-refractivity contribution < 1.29 is 14.7 Å². The van der Waals surface area contributed by atoms with E-state index in [1.54, 1.807) is 12.1 Å². The molecule has 1 unspecified atom stereocenters. The number of urea groups is 1. The fourth-order valence-corrected chi connectivity index (χ4v) is 1.91. The Kier molecular flexibility index (Phi) is 5.82. The van der Waals surface area contributed by atoms with E-state index in [9.17, 15) is 9.59 Å². The third-order valence-corrected chi connectivity index (χ3v) is 3.01. The molecule has 0 aliphatic carbocycles. The fraction of sp³-hybridized carbons (Fsp3) is 0.429. The Bertz CT molecular complexity index is 503. The van der Waals surface area contributed by atoms with E-state index < -0.39 is 18.0 Å². The van der Waals surface area contributed by atoms with Gasteiger partial charge in [0.2, 0.25) is 0 Å². The van der Waals surface area contributed by atoms with Gasteiger partial charge in [0.05, 0.1) is 10.7 Å². The maximum atomic E-state index is 11.8. The number of carbonyl (C=O) groups is 2. The lowest BCUT2D eigenvalue weighted by Gasteiger charge is -2.17. The maximum absolute atomic E-state index is 11.8. The molecular weight excluding hydrogens is 280 g/mol. The molecule has 1 atom stereocenters. The second-order valence-corrected chi connectivity index (χ2v) is 5.51. The molecule has 1 aromatic carbocycles. The first-order valence-electron chi connectivity index (χ1n) is 6.36. The van der Waals surface area contributed by atoms with Gasteiger partial charge < -0.3 is 15.7 Å². The minimum Gasteiger partial charge on any atom is -0.480 e. The summed E-state index contributed by atoms with van der Waals surface area (Å²) in [6.45, 7) is 5.66. The number of halogens is 1. The smallest absolute Gasteiger partial charge is 0.326 e. The molecule has 2 amide bonds. The summed E-state index contributed by atoms with van der Waals surface area (Å²) in [5, 5.41) is 14.5. The minimum atomic E-state index is -1.05. The molecule has 0 saturated heterocycles. The van der Waals surface area contributed by atoms with Gasteiger partial charge >= 0.3 is 12.0 Å². The Morgan fingerprint density at radius 3 is 2.55 bits per heavy atom. The predicted molar refractivity (Wildman–Crippen MR) is 79.2 cm³/mol. The summed E-state index contributed by atoms with van der Waals surface area (Å²) in [7, 11) is 0. The molecule has 1 aromatic rings. The Morgan fingerprint density at radius 2 is 2.00 bits per heavy atom. The highest BCUT2D eigenvalue weighted by atomic mass is 35.5. The first kappa shape index (κ1) is 16.3. The molecular formula is C14H19ClN2O3. The average molecular weight is 299 g/mol. The van der Waals surface area contributed by atoms with Crippen molar-refractivity contribution in [3.8, 4) is 0 Å². The van der Waals surface area contributed by atoms with Crippen LogP contribution in [0.1, 0.15) is 25.8 Å². The number of benzene rings is 1. The van der Waals surface area contributed by atoms with Crippen molar-refractivity contribution in [3.63, 3.8) is 0 Å². The highest BCUT2D eigenvalue weighted by molar-refractivity contribution is 6.33. The lowest BCUT2D eigenvalue weighted by Crippen LogP contribution is -2.43. The van der Waals surface area contributed by atoms with Crippen LogP contribution in [-0.4, -0.2) is 23.1 Å². The summed E-state index contributed by atoms with van der Waals surface area (Å²) < 4.78 is 0. The summed E-state index contributed by atoms with van der Waals surface area (Å²) in [4.78, 5) is 22.9. The molecule has 0 fully saturated rings. The van der Waals surface area contributed by atoms with Gasteiger partial charge in [-0.2, -0.15) is 0 Å². The quantitative estimate of drug-likeness (QED) is 0.780. The summed E-state index contributed by atoms with van der Waals surface area (Å²) in [6.07, 6.45) is 0.365. The second kappa shape index (κ2) is 7.14. The molecule has 0 aliphatic rings. The first-order chi connectivity index (χ1) is 9.29. The van der Waals surface area contributed by atoms with E-state index in [0.717, 1.165) is 5.56 Å². The van der Waals surface area contributed by atoms with Crippen molar-refractivity contribution in [1.29, 1.82) is 0 Å². The number of anilines is 1. The molecule has 0 aromatic heterocycles. The molecule has 6 heteroatoms. The van der Waals surface area contributed by atoms with Crippen molar-refractivity contribution in [2.24, 2.45) is 5.92 Å². The lowest BCUT2D eigenvalue weighted by molar-refractivity contribution is -0.139. The molecule has 0 spiro atoms. The molecule has 3 N–H and O–H groups in total. The Labute approximate surface area is 123 Å². The topological polar surface area (TPSA) is 78.4 Å². The number of carboxylic acid groups (broad SMARTS) is 1. The van der Waals surface area contributed by atoms with Crippen LogP contribution < -0.4 is 10.6 Å². The van der Waals surface area contributed by atoms with Crippen LogP contribution in [0.25, 0.3) is 0 Å². The van der Waals surface area contributed by atoms with Crippen LogP contribution in [0.2, 0.25) is 5.02 Å². The van der Waals surface area contributed by atoms with Crippen molar-refractivity contribution in [2.45, 2.75) is 33.2 Å². The molecule has 5 nitrogen and oxygen atoms in total. The second-order valence-electron chi connectivity index (χ2n) is 5.10. The fourth-order valence-electron chi connectivity index (χ4n) is 1.74. The van der Waals surface area contributed by atoms with Gasteiger partial charge in [-0.05, 0) is 37.0 Å². The third kappa shape index (κ3) is 5.09. The van der Waals surface area contributed by atoms with Crippen LogP contribution >= 0.6 is 11.6 Å². The predicted octanol–water partition coefficient (Wildman–Crippen LogP) is 3.27. The summed E-state index contributed by atoms with van der Waals surface area (Å²) in [5.41, 5.74) is 1.40. The standard InChI is InChI=1S/C14H19ClN2O3/c1-8(2)6-12(13(18)19)17-14(20)16-11-7-9(3)4-5-10(11)15/h4-5,7-8,12H,6H2,1-3H3,(H,18,19)(H2,16,17,20). The number of aliphatic carboxylic acids is 1. The van der Waals surface area contributed by atoms with Crippen molar-refractivity contribution >= 4 is 29.3 Å². The van der Waals surface area contributed by atoms with Crippen molar-refractivity contribution in [2.75, 3.05) is 5.32 Å². The van der Waals surface area contributed by atoms with Crippen LogP contribution in [0.5, 0.6) is 0 Å². The molecule has 1 rings (SSSR count). The van der Waals surface area contributed by atoms with Gasteiger partial charge in [0.25, 0.3) is 0 Å². The molecule has 0 saturated carbocycles. The third-order valence-electron chi connectivity index (χ3n) is 2.68. The molecule has 0 aliphatic heterocycles. The Morgan fingerprint density at radius 1 is 1.35 bits per heavy atom. The number of amides is 2. The molecule has 20 heavy (non-hydrogen) atoms. The zero-order chi connectivity index (χ0) is 15.3. The number of hydrogen-bond acceptors (Lipinski definition) is 2. The molecule has 0 heterocycles. The lowest BCUT2D eigenvalue weighted by atomic mass is 10.0. The van der Waals surface area contributed by atoms with E-state index >= 15 is 0 Å². The van der Waals surface area contributed by atoms with Crippen LogP contribution in [0.4, 0.5) is 10.5 Å². The summed E-state index contributed by atoms with van der Waals surface area (Å²) in [5.74, 6) is -0.886. The first-order valence-corrected chi connectivity index (χ1v) is 6.74. The van der Waals surface area contributed by atoms with E-state index in [2.05, 4.69) is 10.6 Å². The number of nitrogens with one attached hydrogen (secondary N) is 2. The van der Waals surface area contributed by atoms with E-state index in [4.69, 9.17) is 16.7 Å². The van der Waals surface area contributed by atoms with E-state index in [1.807, 2.05) is 26.8 Å². The van der Waals surface area contributed by atoms with Crippen molar-refractivity contribution in [3.05, 3.63) is 28.8 Å². The number of carbonyl (C=O) groups excluding carboxylic acids is 1. The van der Waals surface area contributed by atoms with Crippen LogP contribution in [0.3, 0.4) is 0 Å². The Balaban J connectivity index is 2.70. The van der Waals surface area contributed by atoms with E-state index in [1.165, 1.54) is 0 Å². The highest BCUT2D eigenvalue weighted by Crippen LogP contribution is 2.22. The number of rotatable bonds is 5. The van der Waals surface area contributed by atoms with Gasteiger partial charge in [-0.25, -0.2) is 9.59 Å². The van der Waals surface area contributed by atoms with Gasteiger partial charge in [0.1, 0.15) is 6.04 Å². The van der Waals surface area contributed by atoms with Crippen molar-refractivity contribution in [1.82, 2.24) is 5.32 Å². The van der Waals surface area contributed by atoms with Crippen LogP contribution in [0.15, 0.2) is 18.2 Å². The Hall–Kier alpha value is -1.75. The normalized spacial score (nSPS) is 12.1. The van der Waals surface area contributed by atoms with Gasteiger partial charge in [-0.3, -0.25) is 0 Å². The largest absolute Gasteiger partial charge is 0.480 e. The summed E-state index contributed by atoms with van der Waals surface area (Å²) >= 11 is 5.96. The minimum absolute atomic E-state index is 0.166. The number of hydrogen-bond donors (Lipinski definition) is 3. The maximum Gasteiger partial charge on any atom is 0.326 e. The van der Waals surface area contributed by atoms with E-state index in [0.29, 0.717) is 17.1 Å². The highest BCUT2D eigenvalue weighted by Gasteiger charge is 2.21. The van der Waals surface area contributed by atoms with E-state index in [-0.39, 0.29) is 5.92 Å². The zero-order valence-electron chi connectivity index (χ0n) is 11.7. The summed E-state index contributed by atoms with van der Waals surface area (Å²) in [6, 6.07) is 3.73. The number of carboxylic acids is 1. The SMILES string of the molecule is Cc1ccc(Cl)c(NC(=O)NC(CC(C)C)C(=O)O)c1. The monoisotopic (exact) mass is 298 g/mol. The molecule has 110 valence electrons. The number of aryl methyl sites for hydroxylation is 1. The average Bonchev–Trinajstić information content (AvgIpc) is 2.32. The van der Waals surface area contributed by atoms with Crippen LogP contribution in [0, 0.1) is 12.8 Å². The molecule has 0 radical (unpaired) electrons. The van der Waals surface area contributed by atoms with Crippen LogP contribution in [-0.2, 0) is 4.79 Å².